The van der Waals surface area contributed by atoms with Crippen molar-refractivity contribution in [1.82, 2.24) is 4.98 Å². The van der Waals surface area contributed by atoms with Gasteiger partial charge in [0.15, 0.2) is 5.78 Å². The Morgan fingerprint density at radius 1 is 1.38 bits per heavy atom. The van der Waals surface area contributed by atoms with Crippen LogP contribution in [0.1, 0.15) is 36.7 Å². The van der Waals surface area contributed by atoms with Gasteiger partial charge in [0.2, 0.25) is 0 Å². The van der Waals surface area contributed by atoms with Crippen LogP contribution < -0.4 is 0 Å². The number of halogens is 1. The van der Waals surface area contributed by atoms with E-state index in [2.05, 4.69) is 27.8 Å². The first-order valence-electron chi connectivity index (χ1n) is 5.53. The first kappa shape index (κ1) is 11.4. The van der Waals surface area contributed by atoms with Crippen molar-refractivity contribution < 1.29 is 4.79 Å². The summed E-state index contributed by atoms with van der Waals surface area (Å²) in [7, 11) is 0. The maximum absolute atomic E-state index is 11.9. The number of fused-ring (bicyclic) bond motifs is 1. The number of carbonyl (C=O) groups excluding carboxylic acids is 1. The third-order valence-corrected chi connectivity index (χ3v) is 3.50. The van der Waals surface area contributed by atoms with Crippen LogP contribution in [0.2, 0.25) is 0 Å². The summed E-state index contributed by atoms with van der Waals surface area (Å²) in [5.74, 6) is 0.185. The molecule has 0 atom stereocenters. The highest BCUT2D eigenvalue weighted by atomic mass is 79.9. The second-order valence-electron chi connectivity index (χ2n) is 3.89. The van der Waals surface area contributed by atoms with E-state index in [0.717, 1.165) is 28.2 Å². The van der Waals surface area contributed by atoms with E-state index >= 15 is 0 Å². The van der Waals surface area contributed by atoms with E-state index in [1.807, 2.05) is 24.3 Å². The van der Waals surface area contributed by atoms with E-state index in [1.54, 1.807) is 0 Å². The maximum Gasteiger partial charge on any atom is 0.180 e. The van der Waals surface area contributed by atoms with Gasteiger partial charge >= 0.3 is 0 Å². The average molecular weight is 280 g/mol. The van der Waals surface area contributed by atoms with Gasteiger partial charge in [-0.3, -0.25) is 4.79 Å². The summed E-state index contributed by atoms with van der Waals surface area (Å²) in [6, 6.07) is 7.93. The molecule has 1 aromatic carbocycles. The number of carbonyl (C=O) groups is 1. The largest absolute Gasteiger partial charge is 0.351 e. The molecule has 3 heteroatoms. The Kier molecular flexibility index (Phi) is 3.44. The SMILES string of the molecule is CCCCC(=O)c1[nH]c2ccccc2c1Br. The number of aromatic amines is 1. The predicted octanol–water partition coefficient (Wildman–Crippen LogP) is 4.30. The fourth-order valence-corrected chi connectivity index (χ4v) is 2.43. The number of H-pyrrole nitrogens is 1. The number of hydrogen-bond donors (Lipinski definition) is 1. The lowest BCUT2D eigenvalue weighted by Crippen LogP contribution is -1.99. The van der Waals surface area contributed by atoms with Crippen LogP contribution in [0.5, 0.6) is 0 Å². The van der Waals surface area contributed by atoms with E-state index in [9.17, 15) is 4.79 Å². The van der Waals surface area contributed by atoms with Crippen LogP contribution in [0.25, 0.3) is 10.9 Å². The van der Waals surface area contributed by atoms with E-state index in [4.69, 9.17) is 0 Å². The Bertz CT molecular complexity index is 516. The number of rotatable bonds is 4. The quantitative estimate of drug-likeness (QED) is 0.832. The van der Waals surface area contributed by atoms with E-state index in [1.165, 1.54) is 0 Å². The number of ketones is 1. The zero-order valence-corrected chi connectivity index (χ0v) is 10.8. The zero-order chi connectivity index (χ0) is 11.5. The van der Waals surface area contributed by atoms with Gasteiger partial charge in [0, 0.05) is 17.3 Å². The van der Waals surface area contributed by atoms with E-state index in [-0.39, 0.29) is 5.78 Å². The van der Waals surface area contributed by atoms with Crippen molar-refractivity contribution in [1.29, 1.82) is 0 Å². The molecule has 84 valence electrons. The van der Waals surface area contributed by atoms with Crippen LogP contribution in [-0.4, -0.2) is 10.8 Å². The molecule has 1 aromatic heterocycles. The molecule has 0 fully saturated rings. The molecule has 0 radical (unpaired) electrons. The Labute approximate surface area is 103 Å². The number of nitrogens with one attached hydrogen (secondary N) is 1. The molecule has 0 aliphatic rings. The van der Waals surface area contributed by atoms with E-state index in [0.29, 0.717) is 12.1 Å². The molecule has 0 aliphatic carbocycles. The molecule has 0 aliphatic heterocycles. The molecule has 1 N–H and O–H groups in total. The lowest BCUT2D eigenvalue weighted by molar-refractivity contribution is 0.0975. The second kappa shape index (κ2) is 4.83. The molecule has 0 spiro atoms. The van der Waals surface area contributed by atoms with Gasteiger partial charge < -0.3 is 4.98 Å². The standard InChI is InChI=1S/C13H14BrNO/c1-2-3-8-11(16)13-12(14)9-6-4-5-7-10(9)15-13/h4-7,15H,2-3,8H2,1H3. The molecule has 16 heavy (non-hydrogen) atoms. The van der Waals surface area contributed by atoms with Gasteiger partial charge in [0.1, 0.15) is 0 Å². The maximum atomic E-state index is 11.9. The second-order valence-corrected chi connectivity index (χ2v) is 4.68. The van der Waals surface area contributed by atoms with Crippen molar-refractivity contribution in [2.45, 2.75) is 26.2 Å². The van der Waals surface area contributed by atoms with Crippen molar-refractivity contribution >= 4 is 32.6 Å². The predicted molar refractivity (Wildman–Crippen MR) is 69.9 cm³/mol. The number of para-hydroxylation sites is 1. The van der Waals surface area contributed by atoms with Crippen LogP contribution in [0, 0.1) is 0 Å². The lowest BCUT2D eigenvalue weighted by Gasteiger charge is -1.97. The third kappa shape index (κ3) is 2.05. The lowest BCUT2D eigenvalue weighted by atomic mass is 10.1. The number of aromatic nitrogens is 1. The van der Waals surface area contributed by atoms with Gasteiger partial charge in [-0.2, -0.15) is 0 Å². The molecule has 0 amide bonds. The van der Waals surface area contributed by atoms with Crippen molar-refractivity contribution in [2.75, 3.05) is 0 Å². The Balaban J connectivity index is 2.37. The summed E-state index contributed by atoms with van der Waals surface area (Å²) in [6.45, 7) is 2.09. The number of Topliss-reactive ketones (excluding diaryl/α,β-unsaturated/α-hetero) is 1. The Morgan fingerprint density at radius 2 is 2.12 bits per heavy atom. The van der Waals surface area contributed by atoms with Gasteiger partial charge in [0.05, 0.1) is 10.2 Å². The molecule has 0 unspecified atom stereocenters. The topological polar surface area (TPSA) is 32.9 Å². The highest BCUT2D eigenvalue weighted by Crippen LogP contribution is 2.28. The zero-order valence-electron chi connectivity index (χ0n) is 9.22. The molecule has 2 rings (SSSR count). The summed E-state index contributed by atoms with van der Waals surface area (Å²) in [5.41, 5.74) is 1.71. The molecule has 0 saturated carbocycles. The number of hydrogen-bond acceptors (Lipinski definition) is 1. The minimum atomic E-state index is 0.185. The van der Waals surface area contributed by atoms with Crippen molar-refractivity contribution in [3.05, 3.63) is 34.4 Å². The fourth-order valence-electron chi connectivity index (χ4n) is 1.76. The molecular formula is C13H14BrNO. The summed E-state index contributed by atoms with van der Waals surface area (Å²) >= 11 is 3.49. The van der Waals surface area contributed by atoms with E-state index < -0.39 is 0 Å². The highest BCUT2D eigenvalue weighted by molar-refractivity contribution is 9.10. The fraction of sp³-hybridized carbons (Fsp3) is 0.308. The van der Waals surface area contributed by atoms with Crippen LogP contribution in [0.3, 0.4) is 0 Å². The molecular weight excluding hydrogens is 266 g/mol. The van der Waals surface area contributed by atoms with Gasteiger partial charge in [-0.05, 0) is 28.4 Å². The van der Waals surface area contributed by atoms with Crippen molar-refractivity contribution in [2.24, 2.45) is 0 Å². The van der Waals surface area contributed by atoms with Crippen LogP contribution in [-0.2, 0) is 0 Å². The van der Waals surface area contributed by atoms with Gasteiger partial charge in [-0.1, -0.05) is 31.5 Å². The Morgan fingerprint density at radius 3 is 2.81 bits per heavy atom. The summed E-state index contributed by atoms with van der Waals surface area (Å²) < 4.78 is 0.893. The summed E-state index contributed by atoms with van der Waals surface area (Å²) in [5, 5.41) is 1.07. The van der Waals surface area contributed by atoms with Crippen molar-refractivity contribution in [3.63, 3.8) is 0 Å². The molecule has 1 heterocycles. The molecule has 2 aromatic rings. The van der Waals surface area contributed by atoms with Crippen LogP contribution in [0.15, 0.2) is 28.7 Å². The molecule has 2 nitrogen and oxygen atoms in total. The van der Waals surface area contributed by atoms with Crippen LogP contribution in [0.4, 0.5) is 0 Å². The smallest absolute Gasteiger partial charge is 0.180 e. The first-order chi connectivity index (χ1) is 7.74. The summed E-state index contributed by atoms with van der Waals surface area (Å²) in [4.78, 5) is 15.1. The molecule has 0 bridgehead atoms. The minimum Gasteiger partial charge on any atom is -0.351 e. The first-order valence-corrected chi connectivity index (χ1v) is 6.32. The van der Waals surface area contributed by atoms with Gasteiger partial charge in [-0.15, -0.1) is 0 Å². The van der Waals surface area contributed by atoms with Gasteiger partial charge in [0.25, 0.3) is 0 Å². The molecule has 0 saturated heterocycles. The monoisotopic (exact) mass is 279 g/mol. The average Bonchev–Trinajstić information content (AvgIpc) is 2.64. The summed E-state index contributed by atoms with van der Waals surface area (Å²) in [6.07, 6.45) is 2.60. The van der Waals surface area contributed by atoms with Crippen molar-refractivity contribution in [3.8, 4) is 0 Å². The normalized spacial score (nSPS) is 10.9. The van der Waals surface area contributed by atoms with Gasteiger partial charge in [-0.25, -0.2) is 0 Å². The van der Waals surface area contributed by atoms with Crippen LogP contribution >= 0.6 is 15.9 Å². The minimum absolute atomic E-state index is 0.185. The number of benzene rings is 1. The third-order valence-electron chi connectivity index (χ3n) is 2.68. The Hall–Kier alpha value is -1.09. The highest BCUT2D eigenvalue weighted by Gasteiger charge is 2.14. The number of unbranched alkanes of at least 4 members (excludes halogenated alkanes) is 1.